The van der Waals surface area contributed by atoms with Crippen LogP contribution in [0.15, 0.2) is 24.3 Å². The van der Waals surface area contributed by atoms with Gasteiger partial charge < -0.3 is 15.0 Å². The summed E-state index contributed by atoms with van der Waals surface area (Å²) in [5, 5.41) is 3.01. The van der Waals surface area contributed by atoms with Crippen molar-refractivity contribution < 1.29 is 9.53 Å². The third-order valence-corrected chi connectivity index (χ3v) is 4.16. The van der Waals surface area contributed by atoms with Crippen LogP contribution in [-0.2, 0) is 6.42 Å². The number of urea groups is 1. The normalized spacial score (nSPS) is 15.9. The van der Waals surface area contributed by atoms with Gasteiger partial charge in [-0.3, -0.25) is 4.90 Å². The molecule has 0 saturated carbocycles. The summed E-state index contributed by atoms with van der Waals surface area (Å²) in [7, 11) is 1.66. The minimum absolute atomic E-state index is 0.0475. The van der Waals surface area contributed by atoms with E-state index in [0.717, 1.165) is 38.3 Å². The van der Waals surface area contributed by atoms with Gasteiger partial charge in [0.2, 0.25) is 0 Å². The molecule has 0 aromatic heterocycles. The number of nitrogens with one attached hydrogen (secondary N) is 1. The Balaban J connectivity index is 1.72. The number of rotatable bonds is 5. The van der Waals surface area contributed by atoms with Gasteiger partial charge in [-0.15, -0.1) is 0 Å². The Morgan fingerprint density at radius 3 is 2.64 bits per heavy atom. The predicted octanol–water partition coefficient (Wildman–Crippen LogP) is 1.97. The highest BCUT2D eigenvalue weighted by Gasteiger charge is 2.21. The molecule has 1 heterocycles. The second kappa shape index (κ2) is 8.03. The molecule has 1 aromatic rings. The molecule has 0 spiro atoms. The average Bonchev–Trinajstić information content (AvgIpc) is 2.55. The second-order valence-corrected chi connectivity index (χ2v) is 5.95. The van der Waals surface area contributed by atoms with Crippen LogP contribution in [0.25, 0.3) is 0 Å². The molecule has 2 rings (SSSR count). The maximum atomic E-state index is 12.2. The third-order valence-electron chi connectivity index (χ3n) is 4.16. The number of carbonyl (C=O) groups is 1. The molecule has 1 saturated heterocycles. The van der Waals surface area contributed by atoms with Crippen LogP contribution in [0.5, 0.6) is 5.75 Å². The van der Waals surface area contributed by atoms with Crippen molar-refractivity contribution in [3.63, 3.8) is 0 Å². The number of amides is 2. The Labute approximate surface area is 133 Å². The van der Waals surface area contributed by atoms with Crippen molar-refractivity contribution in [1.29, 1.82) is 0 Å². The van der Waals surface area contributed by atoms with Gasteiger partial charge in [0.05, 0.1) is 7.11 Å². The van der Waals surface area contributed by atoms with E-state index in [0.29, 0.717) is 12.6 Å². The van der Waals surface area contributed by atoms with Crippen LogP contribution < -0.4 is 10.1 Å². The fourth-order valence-electron chi connectivity index (χ4n) is 2.69. The van der Waals surface area contributed by atoms with Gasteiger partial charge in [0.25, 0.3) is 0 Å². The van der Waals surface area contributed by atoms with E-state index in [9.17, 15) is 4.79 Å². The number of piperazine rings is 1. The molecule has 0 radical (unpaired) electrons. The smallest absolute Gasteiger partial charge is 0.317 e. The van der Waals surface area contributed by atoms with Crippen molar-refractivity contribution in [2.75, 3.05) is 39.8 Å². The summed E-state index contributed by atoms with van der Waals surface area (Å²) in [4.78, 5) is 16.5. The number of ether oxygens (including phenoxy) is 1. The summed E-state index contributed by atoms with van der Waals surface area (Å²) >= 11 is 0. The summed E-state index contributed by atoms with van der Waals surface area (Å²) in [6, 6.07) is 8.56. The molecule has 1 N–H and O–H groups in total. The van der Waals surface area contributed by atoms with E-state index < -0.39 is 0 Å². The lowest BCUT2D eigenvalue weighted by Gasteiger charge is -2.36. The molecule has 5 nitrogen and oxygen atoms in total. The van der Waals surface area contributed by atoms with E-state index in [2.05, 4.69) is 30.1 Å². The zero-order valence-electron chi connectivity index (χ0n) is 13.8. The zero-order chi connectivity index (χ0) is 15.9. The molecule has 1 fully saturated rings. The molecule has 0 unspecified atom stereocenters. The molecule has 0 aliphatic carbocycles. The van der Waals surface area contributed by atoms with Crippen molar-refractivity contribution >= 4 is 6.03 Å². The van der Waals surface area contributed by atoms with Gasteiger partial charge >= 0.3 is 6.03 Å². The number of nitrogens with zero attached hydrogens (tertiary/aromatic N) is 2. The Bertz CT molecular complexity index is 483. The van der Waals surface area contributed by atoms with Gasteiger partial charge in [0, 0.05) is 38.8 Å². The topological polar surface area (TPSA) is 44.8 Å². The lowest BCUT2D eigenvalue weighted by atomic mass is 10.1. The van der Waals surface area contributed by atoms with Crippen LogP contribution in [0, 0.1) is 0 Å². The Hall–Kier alpha value is -1.75. The summed E-state index contributed by atoms with van der Waals surface area (Å²) in [5.41, 5.74) is 1.17. The van der Waals surface area contributed by atoms with Gasteiger partial charge in [-0.1, -0.05) is 12.1 Å². The first-order valence-corrected chi connectivity index (χ1v) is 8.00. The van der Waals surface area contributed by atoms with Gasteiger partial charge in [-0.25, -0.2) is 4.79 Å². The maximum Gasteiger partial charge on any atom is 0.317 e. The van der Waals surface area contributed by atoms with E-state index in [4.69, 9.17) is 4.74 Å². The largest absolute Gasteiger partial charge is 0.497 e. The van der Waals surface area contributed by atoms with Gasteiger partial charge in [-0.2, -0.15) is 0 Å². The second-order valence-electron chi connectivity index (χ2n) is 5.95. The Morgan fingerprint density at radius 1 is 1.27 bits per heavy atom. The predicted molar refractivity (Wildman–Crippen MR) is 88.4 cm³/mol. The number of hydrogen-bond donors (Lipinski definition) is 1. The highest BCUT2D eigenvalue weighted by atomic mass is 16.5. The van der Waals surface area contributed by atoms with Crippen molar-refractivity contribution in [3.8, 4) is 5.75 Å². The molecule has 22 heavy (non-hydrogen) atoms. The lowest BCUT2D eigenvalue weighted by Crippen LogP contribution is -2.53. The van der Waals surface area contributed by atoms with Crippen LogP contribution in [-0.4, -0.2) is 61.7 Å². The Morgan fingerprint density at radius 2 is 2.00 bits per heavy atom. The quantitative estimate of drug-likeness (QED) is 0.904. The van der Waals surface area contributed by atoms with Crippen LogP contribution in [0.3, 0.4) is 0 Å². The first-order chi connectivity index (χ1) is 10.6. The number of hydrogen-bond acceptors (Lipinski definition) is 3. The summed E-state index contributed by atoms with van der Waals surface area (Å²) in [6.07, 6.45) is 0.814. The Kier molecular flexibility index (Phi) is 6.07. The minimum atomic E-state index is 0.0475. The first kappa shape index (κ1) is 16.6. The van der Waals surface area contributed by atoms with Crippen molar-refractivity contribution in [3.05, 3.63) is 29.8 Å². The number of carbonyl (C=O) groups excluding carboxylic acids is 1. The summed E-state index contributed by atoms with van der Waals surface area (Å²) < 4.78 is 5.21. The number of benzene rings is 1. The molecule has 1 aliphatic rings. The van der Waals surface area contributed by atoms with Crippen LogP contribution >= 0.6 is 0 Å². The molecule has 122 valence electrons. The first-order valence-electron chi connectivity index (χ1n) is 8.00. The average molecular weight is 305 g/mol. The van der Waals surface area contributed by atoms with Crippen LogP contribution in [0.1, 0.15) is 19.4 Å². The van der Waals surface area contributed by atoms with E-state index >= 15 is 0 Å². The molecule has 2 amide bonds. The highest BCUT2D eigenvalue weighted by Crippen LogP contribution is 2.12. The van der Waals surface area contributed by atoms with Crippen molar-refractivity contribution in [2.24, 2.45) is 0 Å². The van der Waals surface area contributed by atoms with Crippen molar-refractivity contribution in [1.82, 2.24) is 15.1 Å². The number of methoxy groups -OCH3 is 1. The lowest BCUT2D eigenvalue weighted by molar-refractivity contribution is 0.119. The van der Waals surface area contributed by atoms with E-state index in [1.165, 1.54) is 5.56 Å². The van der Waals surface area contributed by atoms with Gasteiger partial charge in [-0.05, 0) is 38.0 Å². The fraction of sp³-hybridized carbons (Fsp3) is 0.588. The molecule has 1 aliphatic heterocycles. The van der Waals surface area contributed by atoms with Gasteiger partial charge in [0.1, 0.15) is 5.75 Å². The standard InChI is InChI=1S/C17H27N3O2/c1-14(2)19-9-11-20(12-10-19)17(21)18-8-7-15-5-4-6-16(13-15)22-3/h4-6,13-14H,7-12H2,1-3H3,(H,18,21). The van der Waals surface area contributed by atoms with E-state index in [-0.39, 0.29) is 6.03 Å². The van der Waals surface area contributed by atoms with Crippen LogP contribution in [0.2, 0.25) is 0 Å². The highest BCUT2D eigenvalue weighted by molar-refractivity contribution is 5.74. The molecular formula is C17H27N3O2. The summed E-state index contributed by atoms with van der Waals surface area (Å²) in [6.45, 7) is 8.58. The van der Waals surface area contributed by atoms with Gasteiger partial charge in [0.15, 0.2) is 0 Å². The fourth-order valence-corrected chi connectivity index (χ4v) is 2.69. The third kappa shape index (κ3) is 4.63. The molecule has 0 atom stereocenters. The maximum absolute atomic E-state index is 12.2. The van der Waals surface area contributed by atoms with Crippen molar-refractivity contribution in [2.45, 2.75) is 26.3 Å². The molecular weight excluding hydrogens is 278 g/mol. The van der Waals surface area contributed by atoms with Crippen LogP contribution in [0.4, 0.5) is 4.79 Å². The molecule has 0 bridgehead atoms. The molecule has 1 aromatic carbocycles. The van der Waals surface area contributed by atoms with E-state index in [1.54, 1.807) is 7.11 Å². The van der Waals surface area contributed by atoms with E-state index in [1.807, 2.05) is 23.1 Å². The zero-order valence-corrected chi connectivity index (χ0v) is 13.8. The monoisotopic (exact) mass is 305 g/mol. The molecule has 5 heteroatoms. The summed E-state index contributed by atoms with van der Waals surface area (Å²) in [5.74, 6) is 0.855. The minimum Gasteiger partial charge on any atom is -0.497 e. The SMILES string of the molecule is COc1cccc(CCNC(=O)N2CCN(C(C)C)CC2)c1.